The van der Waals surface area contributed by atoms with Gasteiger partial charge in [-0.15, -0.1) is 0 Å². The van der Waals surface area contributed by atoms with E-state index in [-0.39, 0.29) is 0 Å². The van der Waals surface area contributed by atoms with E-state index in [1.807, 2.05) is 12.3 Å². The van der Waals surface area contributed by atoms with E-state index in [0.29, 0.717) is 24.0 Å². The highest BCUT2D eigenvalue weighted by atomic mass is 16.5. The second-order valence-corrected chi connectivity index (χ2v) is 7.33. The number of hydrogen-bond acceptors (Lipinski definition) is 4. The molecule has 0 radical (unpaired) electrons. The van der Waals surface area contributed by atoms with E-state index in [9.17, 15) is 0 Å². The fourth-order valence-corrected chi connectivity index (χ4v) is 2.73. The van der Waals surface area contributed by atoms with Crippen molar-refractivity contribution in [1.82, 2.24) is 10.3 Å². The number of hydrogen-bond donors (Lipinski definition) is 1. The molecular formula is C19H32N2O2. The molecular weight excluding hydrogens is 288 g/mol. The Bertz CT molecular complexity index is 439. The number of nitrogens with zero attached hydrogens (tertiary/aromatic N) is 1. The molecule has 0 bridgehead atoms. The van der Waals surface area contributed by atoms with Crippen LogP contribution < -0.4 is 10.1 Å². The molecule has 1 heterocycles. The summed E-state index contributed by atoms with van der Waals surface area (Å²) in [6.07, 6.45) is 5.67. The average Bonchev–Trinajstić information content (AvgIpc) is 2.47. The highest BCUT2D eigenvalue weighted by Gasteiger charge is 2.29. The van der Waals surface area contributed by atoms with Gasteiger partial charge in [0, 0.05) is 18.3 Å². The van der Waals surface area contributed by atoms with Crippen LogP contribution in [0.15, 0.2) is 18.3 Å². The van der Waals surface area contributed by atoms with E-state index in [0.717, 1.165) is 50.5 Å². The molecule has 0 unspecified atom stereocenters. The molecule has 0 atom stereocenters. The molecule has 2 rings (SSSR count). The van der Waals surface area contributed by atoms with Gasteiger partial charge < -0.3 is 14.8 Å². The van der Waals surface area contributed by atoms with Gasteiger partial charge >= 0.3 is 0 Å². The summed E-state index contributed by atoms with van der Waals surface area (Å²) >= 11 is 0. The predicted molar refractivity (Wildman–Crippen MR) is 93.9 cm³/mol. The molecule has 4 heteroatoms. The van der Waals surface area contributed by atoms with Crippen molar-refractivity contribution in [3.8, 4) is 5.75 Å². The molecule has 1 aliphatic rings. The first kappa shape index (κ1) is 18.2. The van der Waals surface area contributed by atoms with Gasteiger partial charge in [-0.2, -0.15) is 0 Å². The van der Waals surface area contributed by atoms with E-state index >= 15 is 0 Å². The Morgan fingerprint density at radius 1 is 1.22 bits per heavy atom. The first-order valence-electron chi connectivity index (χ1n) is 8.95. The van der Waals surface area contributed by atoms with Gasteiger partial charge in [0.25, 0.3) is 0 Å². The summed E-state index contributed by atoms with van der Waals surface area (Å²) in [5.41, 5.74) is 1.16. The van der Waals surface area contributed by atoms with Gasteiger partial charge in [-0.25, -0.2) is 0 Å². The van der Waals surface area contributed by atoms with Gasteiger partial charge in [-0.3, -0.25) is 4.98 Å². The minimum atomic E-state index is 0.447. The van der Waals surface area contributed by atoms with Gasteiger partial charge in [0.15, 0.2) is 0 Å². The maximum Gasteiger partial charge on any atom is 0.137 e. The zero-order valence-corrected chi connectivity index (χ0v) is 15.0. The molecule has 0 saturated heterocycles. The van der Waals surface area contributed by atoms with E-state index in [1.165, 1.54) is 0 Å². The summed E-state index contributed by atoms with van der Waals surface area (Å²) < 4.78 is 11.5. The van der Waals surface area contributed by atoms with Gasteiger partial charge in [0.05, 0.1) is 25.5 Å². The summed E-state index contributed by atoms with van der Waals surface area (Å²) in [4.78, 5) is 4.52. The largest absolute Gasteiger partial charge is 0.492 e. The van der Waals surface area contributed by atoms with Crippen molar-refractivity contribution in [2.75, 3.05) is 19.8 Å². The van der Waals surface area contributed by atoms with Crippen LogP contribution in [-0.4, -0.2) is 36.9 Å². The molecule has 0 spiro atoms. The molecule has 0 aromatic carbocycles. The second kappa shape index (κ2) is 9.24. The SMILES string of the molecule is CC(C)COc1ccc(C[C@H]2C[C@@H](OCCNC(C)C)C2)nc1. The lowest BCUT2D eigenvalue weighted by molar-refractivity contribution is -0.0290. The summed E-state index contributed by atoms with van der Waals surface area (Å²) in [5.74, 6) is 2.13. The minimum Gasteiger partial charge on any atom is -0.492 e. The van der Waals surface area contributed by atoms with Gasteiger partial charge in [-0.05, 0) is 43.2 Å². The minimum absolute atomic E-state index is 0.447. The van der Waals surface area contributed by atoms with Crippen LogP contribution in [0.1, 0.15) is 46.2 Å². The Morgan fingerprint density at radius 3 is 2.61 bits per heavy atom. The van der Waals surface area contributed by atoms with Crippen molar-refractivity contribution in [2.45, 2.75) is 59.1 Å². The molecule has 0 amide bonds. The van der Waals surface area contributed by atoms with Crippen molar-refractivity contribution in [2.24, 2.45) is 11.8 Å². The van der Waals surface area contributed by atoms with Crippen molar-refractivity contribution in [1.29, 1.82) is 0 Å². The van der Waals surface area contributed by atoms with Crippen LogP contribution in [0.25, 0.3) is 0 Å². The van der Waals surface area contributed by atoms with Gasteiger partial charge in [0.2, 0.25) is 0 Å². The third kappa shape index (κ3) is 6.88. The van der Waals surface area contributed by atoms with Crippen LogP contribution in [0.3, 0.4) is 0 Å². The lowest BCUT2D eigenvalue weighted by Crippen LogP contribution is -2.35. The van der Waals surface area contributed by atoms with E-state index in [1.54, 1.807) is 0 Å². The molecule has 1 fully saturated rings. The summed E-state index contributed by atoms with van der Waals surface area (Å²) in [5, 5.41) is 3.38. The number of rotatable bonds is 10. The molecule has 1 saturated carbocycles. The summed E-state index contributed by atoms with van der Waals surface area (Å²) in [6.45, 7) is 11.1. The van der Waals surface area contributed by atoms with E-state index < -0.39 is 0 Å². The van der Waals surface area contributed by atoms with Crippen LogP contribution in [0.5, 0.6) is 5.75 Å². The number of nitrogens with one attached hydrogen (secondary N) is 1. The molecule has 130 valence electrons. The molecule has 23 heavy (non-hydrogen) atoms. The lowest BCUT2D eigenvalue weighted by atomic mass is 9.79. The molecule has 0 aliphatic heterocycles. The zero-order chi connectivity index (χ0) is 16.7. The van der Waals surface area contributed by atoms with Crippen LogP contribution in [-0.2, 0) is 11.2 Å². The molecule has 1 N–H and O–H groups in total. The van der Waals surface area contributed by atoms with Crippen molar-refractivity contribution in [3.05, 3.63) is 24.0 Å². The van der Waals surface area contributed by atoms with E-state index in [4.69, 9.17) is 9.47 Å². The number of aromatic nitrogens is 1. The van der Waals surface area contributed by atoms with Crippen LogP contribution >= 0.6 is 0 Å². The Hall–Kier alpha value is -1.13. The Morgan fingerprint density at radius 2 is 2.00 bits per heavy atom. The average molecular weight is 320 g/mol. The van der Waals surface area contributed by atoms with Crippen molar-refractivity contribution in [3.63, 3.8) is 0 Å². The maximum atomic E-state index is 5.87. The fraction of sp³-hybridized carbons (Fsp3) is 0.737. The van der Waals surface area contributed by atoms with Gasteiger partial charge in [0.1, 0.15) is 5.75 Å². The molecule has 1 aromatic heterocycles. The number of pyridine rings is 1. The summed E-state index contributed by atoms with van der Waals surface area (Å²) in [6, 6.07) is 4.66. The first-order valence-corrected chi connectivity index (χ1v) is 8.95. The van der Waals surface area contributed by atoms with Crippen molar-refractivity contribution < 1.29 is 9.47 Å². The maximum absolute atomic E-state index is 5.87. The lowest BCUT2D eigenvalue weighted by Gasteiger charge is -2.35. The zero-order valence-electron chi connectivity index (χ0n) is 15.0. The normalized spacial score (nSPS) is 20.8. The third-order valence-corrected chi connectivity index (χ3v) is 4.08. The summed E-state index contributed by atoms with van der Waals surface area (Å²) in [7, 11) is 0. The quantitative estimate of drug-likeness (QED) is 0.671. The fourth-order valence-electron chi connectivity index (χ4n) is 2.73. The Kier molecular flexibility index (Phi) is 7.31. The molecule has 1 aromatic rings. The third-order valence-electron chi connectivity index (χ3n) is 4.08. The monoisotopic (exact) mass is 320 g/mol. The van der Waals surface area contributed by atoms with Crippen LogP contribution in [0.4, 0.5) is 0 Å². The Labute approximate surface area is 141 Å². The van der Waals surface area contributed by atoms with Crippen molar-refractivity contribution >= 4 is 0 Å². The second-order valence-electron chi connectivity index (χ2n) is 7.33. The number of ether oxygens (including phenoxy) is 2. The smallest absolute Gasteiger partial charge is 0.137 e. The van der Waals surface area contributed by atoms with Gasteiger partial charge in [-0.1, -0.05) is 27.7 Å². The standard InChI is InChI=1S/C19H32N2O2/c1-14(2)13-23-18-6-5-17(21-12-18)9-16-10-19(11-16)22-8-7-20-15(3)4/h5-6,12,14-16,19-20H,7-11,13H2,1-4H3/t16-,19+. The van der Waals surface area contributed by atoms with Crippen LogP contribution in [0, 0.1) is 11.8 Å². The molecule has 1 aliphatic carbocycles. The highest BCUT2D eigenvalue weighted by Crippen LogP contribution is 2.32. The highest BCUT2D eigenvalue weighted by molar-refractivity contribution is 5.20. The molecule has 4 nitrogen and oxygen atoms in total. The topological polar surface area (TPSA) is 43.4 Å². The Balaban J connectivity index is 1.60. The predicted octanol–water partition coefficient (Wildman–Crippen LogP) is 3.45. The van der Waals surface area contributed by atoms with E-state index in [2.05, 4.69) is 44.1 Å². The van der Waals surface area contributed by atoms with Crippen LogP contribution in [0.2, 0.25) is 0 Å². The first-order chi connectivity index (χ1) is 11.0.